The summed E-state index contributed by atoms with van der Waals surface area (Å²) in [6.45, 7) is 47.7. The van der Waals surface area contributed by atoms with Crippen LogP contribution in [-0.4, -0.2) is 6.71 Å². The monoisotopic (exact) mass is 1120 g/mol. The van der Waals surface area contributed by atoms with Crippen molar-refractivity contribution in [1.82, 2.24) is 0 Å². The van der Waals surface area contributed by atoms with Gasteiger partial charge in [-0.3, -0.25) is 0 Å². The van der Waals surface area contributed by atoms with Crippen LogP contribution in [0.4, 0.5) is 51.2 Å². The predicted octanol–water partition coefficient (Wildman–Crippen LogP) is 21.0. The molecule has 436 valence electrons. The Kier molecular flexibility index (Phi) is 12.6. The Morgan fingerprint density at radius 1 is 0.376 bits per heavy atom. The maximum Gasteiger partial charge on any atom is 0.252 e. The lowest BCUT2D eigenvalue weighted by Gasteiger charge is -2.48. The minimum absolute atomic E-state index is 0.00160. The van der Waals surface area contributed by atoms with E-state index in [0.717, 1.165) is 64.0 Å². The van der Waals surface area contributed by atoms with Gasteiger partial charge in [-0.15, -0.1) is 0 Å². The molecule has 0 unspecified atom stereocenters. The lowest BCUT2D eigenvalue weighted by Crippen LogP contribution is -2.62. The van der Waals surface area contributed by atoms with Crippen LogP contribution in [-0.2, 0) is 43.3 Å². The zero-order valence-electron chi connectivity index (χ0n) is 55.0. The first-order chi connectivity index (χ1) is 39.6. The van der Waals surface area contributed by atoms with Crippen molar-refractivity contribution in [3.63, 3.8) is 0 Å². The first-order valence-corrected chi connectivity index (χ1v) is 31.9. The Balaban J connectivity index is 1.16. The fourth-order valence-corrected chi connectivity index (χ4v) is 15.0. The summed E-state index contributed by atoms with van der Waals surface area (Å²) < 4.78 is 7.04. The summed E-state index contributed by atoms with van der Waals surface area (Å²) in [5.41, 5.74) is 27.5. The highest BCUT2D eigenvalue weighted by Gasteiger charge is 2.48. The summed E-state index contributed by atoms with van der Waals surface area (Å²) in [7, 11) is 0. The average Bonchev–Trinajstić information content (AvgIpc) is 1.29. The van der Waals surface area contributed by atoms with Crippen molar-refractivity contribution >= 4 is 96.2 Å². The van der Waals surface area contributed by atoms with Gasteiger partial charge < -0.3 is 19.1 Å². The Morgan fingerprint density at radius 3 is 1.41 bits per heavy atom. The highest BCUT2D eigenvalue weighted by atomic mass is 16.3. The van der Waals surface area contributed by atoms with Crippen LogP contribution in [0.5, 0.6) is 0 Å². The number of hydrogen-bond acceptors (Lipinski definition) is 4. The molecule has 0 amide bonds. The van der Waals surface area contributed by atoms with Crippen LogP contribution in [0.15, 0.2) is 150 Å². The molecule has 0 saturated carbocycles. The largest absolute Gasteiger partial charge is 0.456 e. The van der Waals surface area contributed by atoms with Crippen LogP contribution in [0.25, 0.3) is 21.9 Å². The van der Waals surface area contributed by atoms with Crippen LogP contribution in [0.3, 0.4) is 0 Å². The summed E-state index contributed by atoms with van der Waals surface area (Å²) in [6.07, 6.45) is 4.62. The number of furan rings is 1. The molecular formula is C80H92BN3O. The molecule has 0 radical (unpaired) electrons. The topological polar surface area (TPSA) is 22.9 Å². The van der Waals surface area contributed by atoms with Crippen LogP contribution in [0.1, 0.15) is 209 Å². The highest BCUT2D eigenvalue weighted by Crippen LogP contribution is 2.55. The molecule has 0 saturated heterocycles. The summed E-state index contributed by atoms with van der Waals surface area (Å²) >= 11 is 0. The van der Waals surface area contributed by atoms with E-state index in [2.05, 4.69) is 299 Å². The van der Waals surface area contributed by atoms with Gasteiger partial charge in [-0.1, -0.05) is 199 Å². The number of benzene rings is 8. The molecule has 0 spiro atoms. The van der Waals surface area contributed by atoms with Crippen molar-refractivity contribution in [3.8, 4) is 0 Å². The van der Waals surface area contributed by atoms with Crippen LogP contribution >= 0.6 is 0 Å². The number of hydrogen-bond donors (Lipinski definition) is 0. The van der Waals surface area contributed by atoms with Crippen molar-refractivity contribution in [2.24, 2.45) is 0 Å². The van der Waals surface area contributed by atoms with Crippen molar-refractivity contribution in [3.05, 3.63) is 190 Å². The fourth-order valence-electron chi connectivity index (χ4n) is 15.0. The zero-order chi connectivity index (χ0) is 60.7. The molecule has 1 aromatic heterocycles. The van der Waals surface area contributed by atoms with Crippen molar-refractivity contribution < 1.29 is 4.42 Å². The second-order valence-corrected chi connectivity index (χ2v) is 32.9. The SMILES string of the molecule is CC(C)(C)c1ccc(N(c2ccc(C(C)(C)C)cc2)c2ccc3c(c2)N(c2cccc4oc5cc(C(C)(C)C)ccc5c24)c2cc(C(C)(C)C)cc4c2B3c2cc3c(cc2N4c2ccc4c(c2)C(C)(C)CCC4(C)C)C(C)(C)CCC3(C)C)cc1. The summed E-state index contributed by atoms with van der Waals surface area (Å²) in [4.78, 5) is 7.87. The number of rotatable bonds is 5. The molecule has 4 nitrogen and oxygen atoms in total. The Hall–Kier alpha value is -6.98. The van der Waals surface area contributed by atoms with E-state index >= 15 is 0 Å². The molecule has 9 aromatic rings. The predicted molar refractivity (Wildman–Crippen MR) is 368 cm³/mol. The second-order valence-electron chi connectivity index (χ2n) is 32.9. The molecule has 4 aliphatic rings. The van der Waals surface area contributed by atoms with Crippen molar-refractivity contribution in [2.45, 2.75) is 207 Å². The lowest BCUT2D eigenvalue weighted by atomic mass is 9.33. The molecule has 2 aliphatic heterocycles. The van der Waals surface area contributed by atoms with Gasteiger partial charge in [0, 0.05) is 50.9 Å². The Morgan fingerprint density at radius 2 is 0.859 bits per heavy atom. The third-order valence-electron chi connectivity index (χ3n) is 20.8. The molecule has 0 fully saturated rings. The summed E-state index contributed by atoms with van der Waals surface area (Å²) in [5, 5.41) is 2.25. The number of fused-ring (bicyclic) bond motifs is 9. The number of nitrogens with zero attached hydrogens (tertiary/aromatic N) is 3. The van der Waals surface area contributed by atoms with Crippen LogP contribution in [0.2, 0.25) is 0 Å². The smallest absolute Gasteiger partial charge is 0.252 e. The molecule has 2 aliphatic carbocycles. The van der Waals surface area contributed by atoms with Gasteiger partial charge in [0.05, 0.1) is 11.1 Å². The normalized spacial score (nSPS) is 17.5. The molecule has 0 atom stereocenters. The lowest BCUT2D eigenvalue weighted by molar-refractivity contribution is 0.332. The van der Waals surface area contributed by atoms with Gasteiger partial charge >= 0.3 is 0 Å². The number of anilines is 9. The van der Waals surface area contributed by atoms with E-state index in [-0.39, 0.29) is 50.0 Å². The summed E-state index contributed by atoms with van der Waals surface area (Å²) in [6, 6.07) is 57.9. The minimum Gasteiger partial charge on any atom is -0.456 e. The molecular weight excluding hydrogens is 1030 g/mol. The summed E-state index contributed by atoms with van der Waals surface area (Å²) in [5.74, 6) is 0. The van der Waals surface area contributed by atoms with Crippen LogP contribution < -0.4 is 31.1 Å². The molecule has 5 heteroatoms. The van der Waals surface area contributed by atoms with E-state index < -0.39 is 0 Å². The average molecular weight is 1120 g/mol. The molecule has 0 N–H and O–H groups in total. The van der Waals surface area contributed by atoms with E-state index in [1.165, 1.54) is 95.8 Å². The van der Waals surface area contributed by atoms with Crippen molar-refractivity contribution in [2.75, 3.05) is 14.7 Å². The first-order valence-electron chi connectivity index (χ1n) is 31.9. The molecule has 13 rings (SSSR count). The van der Waals surface area contributed by atoms with Gasteiger partial charge in [-0.05, 0) is 215 Å². The van der Waals surface area contributed by atoms with E-state index in [1.807, 2.05) is 0 Å². The van der Waals surface area contributed by atoms with Gasteiger partial charge in [-0.2, -0.15) is 0 Å². The maximum atomic E-state index is 7.04. The molecule has 85 heavy (non-hydrogen) atoms. The van der Waals surface area contributed by atoms with Gasteiger partial charge in [0.25, 0.3) is 6.71 Å². The van der Waals surface area contributed by atoms with E-state index in [4.69, 9.17) is 4.42 Å². The van der Waals surface area contributed by atoms with Crippen LogP contribution in [0, 0.1) is 0 Å². The zero-order valence-corrected chi connectivity index (χ0v) is 55.0. The van der Waals surface area contributed by atoms with Gasteiger partial charge in [-0.25, -0.2) is 0 Å². The van der Waals surface area contributed by atoms with Gasteiger partial charge in [0.2, 0.25) is 0 Å². The standard InChI is InChI=1S/C80H92BN3O/c1-73(2,3)49-24-29-53(30-25-49)82(54-31-26-50(27-32-54)74(4,5)6)56-34-37-62-65(46-56)84(64-22-21-23-69-71(64)57-35-28-51(75(7,8)9)44-70(57)85-69)68-43-52(76(10,11)12)42-67-72(68)81(62)63-47-60-61(80(19,20)41-40-79(60,17)18)48-66(63)83(67)55-33-36-58-59(45-55)78(15,16)39-38-77(58,13)14/h21-37,42-48H,38-41H2,1-20H3. The molecule has 0 bridgehead atoms. The Bertz CT molecular complexity index is 4120. The highest BCUT2D eigenvalue weighted by molar-refractivity contribution is 7.00. The van der Waals surface area contributed by atoms with E-state index in [0.29, 0.717) is 0 Å². The molecule has 3 heterocycles. The van der Waals surface area contributed by atoms with Crippen molar-refractivity contribution in [1.29, 1.82) is 0 Å². The maximum absolute atomic E-state index is 7.04. The van der Waals surface area contributed by atoms with E-state index in [1.54, 1.807) is 0 Å². The molecule has 8 aromatic carbocycles. The minimum atomic E-state index is -0.197. The third kappa shape index (κ3) is 9.29. The second kappa shape index (κ2) is 18.8. The Labute approximate surface area is 510 Å². The first kappa shape index (κ1) is 57.1. The quantitative estimate of drug-likeness (QED) is 0.160. The third-order valence-corrected chi connectivity index (χ3v) is 20.8. The van der Waals surface area contributed by atoms with E-state index in [9.17, 15) is 0 Å². The fraction of sp³-hybridized carbons (Fsp3) is 0.400. The van der Waals surface area contributed by atoms with Gasteiger partial charge in [0.1, 0.15) is 11.2 Å². The van der Waals surface area contributed by atoms with Gasteiger partial charge in [0.15, 0.2) is 0 Å².